The number of carbonyl (C=O) groups is 2. The number of amides is 2. The molecule has 1 fully saturated rings. The molecule has 0 atom stereocenters. The summed E-state index contributed by atoms with van der Waals surface area (Å²) in [5, 5.41) is 11.1. The molecule has 0 radical (unpaired) electrons. The third kappa shape index (κ3) is 2.09. The van der Waals surface area contributed by atoms with Gasteiger partial charge in [-0.1, -0.05) is 11.6 Å². The van der Waals surface area contributed by atoms with Gasteiger partial charge < -0.3 is 4.74 Å². The van der Waals surface area contributed by atoms with Gasteiger partial charge in [0.25, 0.3) is 17.5 Å². The molecular formula is C13H11ClN2O5. The number of nitro groups is 1. The van der Waals surface area contributed by atoms with E-state index in [2.05, 4.69) is 0 Å². The number of halogens is 1. The largest absolute Gasteiger partial charge is 0.381 e. The summed E-state index contributed by atoms with van der Waals surface area (Å²) in [6.07, 6.45) is 1.05. The maximum absolute atomic E-state index is 12.5. The fourth-order valence-corrected chi connectivity index (χ4v) is 2.99. The number of hydrogen-bond acceptors (Lipinski definition) is 5. The molecule has 7 nitrogen and oxygen atoms in total. The van der Waals surface area contributed by atoms with Crippen LogP contribution in [0.4, 0.5) is 5.69 Å². The third-order valence-corrected chi connectivity index (χ3v) is 4.07. The maximum atomic E-state index is 12.5. The molecule has 2 aliphatic heterocycles. The van der Waals surface area contributed by atoms with E-state index in [1.165, 1.54) is 6.07 Å². The van der Waals surface area contributed by atoms with Crippen LogP contribution >= 0.6 is 11.6 Å². The number of fused-ring (bicyclic) bond motifs is 1. The first-order valence-corrected chi connectivity index (χ1v) is 6.82. The van der Waals surface area contributed by atoms with Crippen LogP contribution < -0.4 is 0 Å². The summed E-state index contributed by atoms with van der Waals surface area (Å²) in [6, 6.07) is 2.12. The second-order valence-corrected chi connectivity index (χ2v) is 5.30. The highest BCUT2D eigenvalue weighted by Crippen LogP contribution is 2.37. The van der Waals surface area contributed by atoms with E-state index < -0.39 is 16.7 Å². The Labute approximate surface area is 124 Å². The Balaban J connectivity index is 2.09. The highest BCUT2D eigenvalue weighted by molar-refractivity contribution is 6.37. The van der Waals surface area contributed by atoms with E-state index in [4.69, 9.17) is 16.3 Å². The second kappa shape index (κ2) is 5.09. The number of hydrogen-bond donors (Lipinski definition) is 0. The normalized spacial score (nSPS) is 19.0. The van der Waals surface area contributed by atoms with Gasteiger partial charge in [0.15, 0.2) is 0 Å². The lowest BCUT2D eigenvalue weighted by atomic mass is 10.1. The number of ether oxygens (including phenoxy) is 1. The summed E-state index contributed by atoms with van der Waals surface area (Å²) in [4.78, 5) is 36.4. The van der Waals surface area contributed by atoms with E-state index in [0.717, 1.165) is 11.0 Å². The lowest BCUT2D eigenvalue weighted by molar-refractivity contribution is -0.385. The standard InChI is InChI=1S/C13H11ClN2O5/c14-8-1-2-9(16(19)20)11-10(8)12(17)15(13(11)18)7-3-5-21-6-4-7/h1-2,7H,3-6H2. The van der Waals surface area contributed by atoms with Crippen LogP contribution in [0.15, 0.2) is 12.1 Å². The smallest absolute Gasteiger partial charge is 0.283 e. The van der Waals surface area contributed by atoms with Crippen molar-refractivity contribution in [1.82, 2.24) is 4.90 Å². The highest BCUT2D eigenvalue weighted by Gasteiger charge is 2.45. The van der Waals surface area contributed by atoms with E-state index >= 15 is 0 Å². The molecule has 110 valence electrons. The molecule has 2 amide bonds. The minimum atomic E-state index is -0.673. The minimum Gasteiger partial charge on any atom is -0.381 e. The third-order valence-electron chi connectivity index (χ3n) is 3.75. The molecule has 0 aromatic heterocycles. The molecule has 1 aromatic carbocycles. The van der Waals surface area contributed by atoms with Crippen molar-refractivity contribution in [1.29, 1.82) is 0 Å². The molecule has 0 spiro atoms. The minimum absolute atomic E-state index is 0.0588. The van der Waals surface area contributed by atoms with Gasteiger partial charge >= 0.3 is 0 Å². The summed E-state index contributed by atoms with van der Waals surface area (Å²) in [5.74, 6) is -1.20. The molecule has 1 saturated heterocycles. The summed E-state index contributed by atoms with van der Waals surface area (Å²) in [7, 11) is 0. The van der Waals surface area contributed by atoms with Crippen molar-refractivity contribution in [2.75, 3.05) is 13.2 Å². The Morgan fingerprint density at radius 2 is 1.81 bits per heavy atom. The van der Waals surface area contributed by atoms with Gasteiger partial charge in [-0.05, 0) is 18.9 Å². The van der Waals surface area contributed by atoms with Gasteiger partial charge in [0, 0.05) is 25.3 Å². The molecule has 0 saturated carbocycles. The maximum Gasteiger partial charge on any atom is 0.283 e. The van der Waals surface area contributed by atoms with Crippen molar-refractivity contribution in [2.24, 2.45) is 0 Å². The Morgan fingerprint density at radius 1 is 1.19 bits per heavy atom. The molecular weight excluding hydrogens is 300 g/mol. The zero-order valence-electron chi connectivity index (χ0n) is 10.9. The van der Waals surface area contributed by atoms with Crippen molar-refractivity contribution < 1.29 is 19.2 Å². The molecule has 2 heterocycles. The van der Waals surface area contributed by atoms with Crippen molar-refractivity contribution in [3.05, 3.63) is 38.4 Å². The van der Waals surface area contributed by atoms with Gasteiger partial charge in [-0.25, -0.2) is 0 Å². The van der Waals surface area contributed by atoms with Gasteiger partial charge in [0.1, 0.15) is 5.56 Å². The summed E-state index contributed by atoms with van der Waals surface area (Å²) < 4.78 is 5.21. The summed E-state index contributed by atoms with van der Waals surface area (Å²) in [5.41, 5.74) is -0.659. The van der Waals surface area contributed by atoms with E-state index in [9.17, 15) is 19.7 Å². The fourth-order valence-electron chi connectivity index (χ4n) is 2.75. The van der Waals surface area contributed by atoms with E-state index in [1.807, 2.05) is 0 Å². The first-order chi connectivity index (χ1) is 10.0. The number of carbonyl (C=O) groups excluding carboxylic acids is 2. The molecule has 0 aliphatic carbocycles. The SMILES string of the molecule is O=C1c2c(Cl)ccc([N+](=O)[O-])c2C(=O)N1C1CCOCC1. The van der Waals surface area contributed by atoms with E-state index in [-0.39, 0.29) is 27.9 Å². The number of nitro benzene ring substituents is 1. The van der Waals surface area contributed by atoms with Crippen LogP contribution in [0.25, 0.3) is 0 Å². The van der Waals surface area contributed by atoms with Crippen LogP contribution in [-0.2, 0) is 4.74 Å². The number of imide groups is 1. The van der Waals surface area contributed by atoms with Gasteiger partial charge in [-0.15, -0.1) is 0 Å². The lowest BCUT2D eigenvalue weighted by Crippen LogP contribution is -2.43. The highest BCUT2D eigenvalue weighted by atomic mass is 35.5. The molecule has 2 aliphatic rings. The average molecular weight is 311 g/mol. The predicted molar refractivity (Wildman–Crippen MR) is 72.4 cm³/mol. The fraction of sp³-hybridized carbons (Fsp3) is 0.385. The van der Waals surface area contributed by atoms with Crippen LogP contribution in [0, 0.1) is 10.1 Å². The van der Waals surface area contributed by atoms with Gasteiger partial charge in [0.05, 0.1) is 15.5 Å². The Hall–Kier alpha value is -1.99. The molecule has 21 heavy (non-hydrogen) atoms. The second-order valence-electron chi connectivity index (χ2n) is 4.90. The summed E-state index contributed by atoms with van der Waals surface area (Å²) in [6.45, 7) is 0.905. The van der Waals surface area contributed by atoms with Gasteiger partial charge in [-0.2, -0.15) is 0 Å². The first kappa shape index (κ1) is 14.0. The predicted octanol–water partition coefficient (Wildman–Crippen LogP) is 2.02. The zero-order valence-corrected chi connectivity index (χ0v) is 11.6. The van der Waals surface area contributed by atoms with Crippen LogP contribution in [0.5, 0.6) is 0 Å². The molecule has 8 heteroatoms. The molecule has 1 aromatic rings. The molecule has 0 N–H and O–H groups in total. The number of benzene rings is 1. The van der Waals surface area contributed by atoms with Crippen molar-refractivity contribution >= 4 is 29.1 Å². The first-order valence-electron chi connectivity index (χ1n) is 6.45. The molecule has 0 unspecified atom stereocenters. The Morgan fingerprint density at radius 3 is 2.43 bits per heavy atom. The van der Waals surface area contributed by atoms with Crippen LogP contribution in [-0.4, -0.2) is 40.9 Å². The van der Waals surface area contributed by atoms with Crippen LogP contribution in [0.1, 0.15) is 33.6 Å². The van der Waals surface area contributed by atoms with E-state index in [0.29, 0.717) is 26.1 Å². The van der Waals surface area contributed by atoms with Crippen LogP contribution in [0.3, 0.4) is 0 Å². The van der Waals surface area contributed by atoms with Crippen molar-refractivity contribution in [2.45, 2.75) is 18.9 Å². The quantitative estimate of drug-likeness (QED) is 0.473. The average Bonchev–Trinajstić information content (AvgIpc) is 2.73. The monoisotopic (exact) mass is 310 g/mol. The van der Waals surface area contributed by atoms with Gasteiger partial charge in [0.2, 0.25) is 0 Å². The van der Waals surface area contributed by atoms with Crippen molar-refractivity contribution in [3.63, 3.8) is 0 Å². The van der Waals surface area contributed by atoms with Gasteiger partial charge in [-0.3, -0.25) is 24.6 Å². The zero-order chi connectivity index (χ0) is 15.1. The molecule has 3 rings (SSSR count). The Kier molecular flexibility index (Phi) is 3.38. The Bertz CT molecular complexity index is 654. The summed E-state index contributed by atoms with van der Waals surface area (Å²) >= 11 is 5.96. The lowest BCUT2D eigenvalue weighted by Gasteiger charge is -2.29. The topological polar surface area (TPSA) is 89.8 Å². The van der Waals surface area contributed by atoms with E-state index in [1.54, 1.807) is 0 Å². The van der Waals surface area contributed by atoms with Crippen molar-refractivity contribution in [3.8, 4) is 0 Å². The number of nitrogens with zero attached hydrogens (tertiary/aromatic N) is 2. The van der Waals surface area contributed by atoms with Crippen LogP contribution in [0.2, 0.25) is 5.02 Å². The number of rotatable bonds is 2. The molecule has 0 bridgehead atoms.